The summed E-state index contributed by atoms with van der Waals surface area (Å²) < 4.78 is 0.549. The smallest absolute Gasteiger partial charge is 0.207 e. The van der Waals surface area contributed by atoms with Crippen LogP contribution in [0.1, 0.15) is 20.9 Å². The molecule has 7 heteroatoms. The lowest BCUT2D eigenvalue weighted by Gasteiger charge is -2.02. The first-order chi connectivity index (χ1) is 14.5. The number of thiophene rings is 1. The van der Waals surface area contributed by atoms with E-state index in [1.54, 1.807) is 11.3 Å². The van der Waals surface area contributed by atoms with Gasteiger partial charge in [-0.2, -0.15) is 0 Å². The van der Waals surface area contributed by atoms with Crippen LogP contribution >= 0.6 is 34.9 Å². The number of aromatic hydroxyl groups is 1. The van der Waals surface area contributed by atoms with Gasteiger partial charge in [0.25, 0.3) is 0 Å². The summed E-state index contributed by atoms with van der Waals surface area (Å²) >= 11 is 8.08. The lowest BCUT2D eigenvalue weighted by Crippen LogP contribution is -2.07. The van der Waals surface area contributed by atoms with E-state index in [1.165, 1.54) is 33.6 Å². The quantitative estimate of drug-likeness (QED) is 0.413. The van der Waals surface area contributed by atoms with Crippen molar-refractivity contribution < 1.29 is 5.11 Å². The zero-order valence-electron chi connectivity index (χ0n) is 16.3. The normalized spacial score (nSPS) is 13.3. The number of rotatable bonds is 3. The minimum absolute atomic E-state index is 0.0943. The summed E-state index contributed by atoms with van der Waals surface area (Å²) in [5, 5.41) is 13.9. The summed E-state index contributed by atoms with van der Waals surface area (Å²) in [6, 6.07) is 14.6. The first kappa shape index (κ1) is 19.1. The fraction of sp³-hybridized carbons (Fsp3) is 0.0870. The molecule has 1 aliphatic heterocycles. The summed E-state index contributed by atoms with van der Waals surface area (Å²) in [7, 11) is 0. The number of thiazole rings is 1. The van der Waals surface area contributed by atoms with Gasteiger partial charge < -0.3 is 10.1 Å². The van der Waals surface area contributed by atoms with Gasteiger partial charge in [-0.15, -0.1) is 22.7 Å². The van der Waals surface area contributed by atoms with E-state index in [0.717, 1.165) is 27.0 Å². The highest BCUT2D eigenvalue weighted by Crippen LogP contribution is 2.29. The van der Waals surface area contributed by atoms with Crippen LogP contribution in [0, 0.1) is 17.8 Å². The zero-order chi connectivity index (χ0) is 20.8. The molecule has 3 heterocycles. The minimum Gasteiger partial charge on any atom is -0.494 e. The number of fused-ring (bicyclic) bond motifs is 1. The molecule has 0 aliphatic carbocycles. The molecule has 0 atom stereocenters. The molecule has 0 amide bonds. The van der Waals surface area contributed by atoms with Crippen LogP contribution in [-0.4, -0.2) is 15.9 Å². The summed E-state index contributed by atoms with van der Waals surface area (Å²) in [6.07, 6.45) is 1.89. The molecule has 2 aromatic carbocycles. The van der Waals surface area contributed by atoms with Crippen LogP contribution in [0.5, 0.6) is 5.88 Å². The second-order valence-electron chi connectivity index (χ2n) is 7.17. The van der Waals surface area contributed by atoms with Crippen molar-refractivity contribution in [1.29, 1.82) is 0 Å². The van der Waals surface area contributed by atoms with Crippen LogP contribution in [0.2, 0.25) is 0 Å². The summed E-state index contributed by atoms with van der Waals surface area (Å²) in [6.45, 7) is 4.26. The SMILES string of the molecule is Cc1ccc(-c2csc(C3=Nc4c/c(=C\c5sc(=S)[nH]c5O)ccc4=N3)c2)cc1C. The highest BCUT2D eigenvalue weighted by atomic mass is 32.1. The van der Waals surface area contributed by atoms with Gasteiger partial charge in [0.15, 0.2) is 9.79 Å². The molecular formula is C23H17N3OS3. The monoisotopic (exact) mass is 447 g/mol. The number of nitrogens with one attached hydrogen (secondary N) is 1. The van der Waals surface area contributed by atoms with Crippen LogP contribution in [0.3, 0.4) is 0 Å². The Bertz CT molecular complexity index is 1510. The minimum atomic E-state index is 0.0943. The van der Waals surface area contributed by atoms with Crippen molar-refractivity contribution in [2.75, 3.05) is 0 Å². The van der Waals surface area contributed by atoms with Crippen LogP contribution < -0.4 is 10.6 Å². The Labute approximate surface area is 186 Å². The Morgan fingerprint density at radius 1 is 1.00 bits per heavy atom. The third-order valence-electron chi connectivity index (χ3n) is 5.07. The number of benzene rings is 2. The molecular weight excluding hydrogens is 430 g/mol. The van der Waals surface area contributed by atoms with Crippen molar-refractivity contribution in [2.24, 2.45) is 9.98 Å². The molecule has 0 radical (unpaired) electrons. The second-order valence-corrected chi connectivity index (χ2v) is 9.80. The molecule has 0 unspecified atom stereocenters. The molecule has 0 saturated heterocycles. The van der Waals surface area contributed by atoms with E-state index in [1.807, 2.05) is 24.3 Å². The number of aliphatic imine (C=N–C) groups is 1. The average Bonchev–Trinajstić information content (AvgIpc) is 3.42. The number of hydrogen-bond donors (Lipinski definition) is 2. The van der Waals surface area contributed by atoms with Gasteiger partial charge in [0, 0.05) is 0 Å². The number of hydrogen-bond acceptors (Lipinski definition) is 6. The van der Waals surface area contributed by atoms with Gasteiger partial charge in [-0.1, -0.05) is 24.3 Å². The highest BCUT2D eigenvalue weighted by molar-refractivity contribution is 7.73. The van der Waals surface area contributed by atoms with Crippen molar-refractivity contribution in [3.8, 4) is 17.0 Å². The third kappa shape index (κ3) is 3.56. The lowest BCUT2D eigenvalue weighted by atomic mass is 10.0. The molecule has 0 fully saturated rings. The molecule has 2 N–H and O–H groups in total. The third-order valence-corrected chi connectivity index (χ3v) is 7.16. The molecule has 0 saturated carbocycles. The predicted molar refractivity (Wildman–Crippen MR) is 127 cm³/mol. The van der Waals surface area contributed by atoms with E-state index in [4.69, 9.17) is 22.2 Å². The molecule has 0 spiro atoms. The molecule has 1 aliphatic rings. The van der Waals surface area contributed by atoms with E-state index in [0.29, 0.717) is 8.83 Å². The largest absolute Gasteiger partial charge is 0.494 e. The molecule has 0 bridgehead atoms. The van der Waals surface area contributed by atoms with E-state index < -0.39 is 0 Å². The molecule has 4 nitrogen and oxygen atoms in total. The topological polar surface area (TPSA) is 60.7 Å². The van der Waals surface area contributed by atoms with Gasteiger partial charge in [0.05, 0.1) is 20.8 Å². The average molecular weight is 448 g/mol. The Morgan fingerprint density at radius 3 is 2.63 bits per heavy atom. The Balaban J connectivity index is 1.48. The van der Waals surface area contributed by atoms with E-state index in [2.05, 4.69) is 48.5 Å². The first-order valence-corrected chi connectivity index (χ1v) is 11.4. The number of aromatic nitrogens is 1. The summed E-state index contributed by atoms with van der Waals surface area (Å²) in [5.41, 5.74) is 5.81. The lowest BCUT2D eigenvalue weighted by molar-refractivity contribution is 0.456. The van der Waals surface area contributed by atoms with E-state index >= 15 is 0 Å². The fourth-order valence-corrected chi connectivity index (χ4v) is 5.19. The molecule has 148 valence electrons. The number of amidine groups is 1. The van der Waals surface area contributed by atoms with Gasteiger partial charge >= 0.3 is 0 Å². The van der Waals surface area contributed by atoms with Crippen LogP contribution in [0.15, 0.2) is 57.8 Å². The van der Waals surface area contributed by atoms with E-state index in [-0.39, 0.29) is 5.88 Å². The zero-order valence-corrected chi connectivity index (χ0v) is 18.7. The fourth-order valence-electron chi connectivity index (χ4n) is 3.28. The van der Waals surface area contributed by atoms with Gasteiger partial charge in [0.1, 0.15) is 0 Å². The number of H-pyrrole nitrogens is 1. The highest BCUT2D eigenvalue weighted by Gasteiger charge is 2.14. The maximum Gasteiger partial charge on any atom is 0.207 e. The second kappa shape index (κ2) is 7.43. The maximum absolute atomic E-state index is 9.92. The first-order valence-electron chi connectivity index (χ1n) is 9.34. The van der Waals surface area contributed by atoms with Crippen molar-refractivity contribution in [2.45, 2.75) is 13.8 Å². The predicted octanol–water partition coefficient (Wildman–Crippen LogP) is 5.40. The molecule has 5 rings (SSSR count). The molecule has 2 aromatic heterocycles. The van der Waals surface area contributed by atoms with Crippen molar-refractivity contribution in [3.05, 3.63) is 83.3 Å². The summed E-state index contributed by atoms with van der Waals surface area (Å²) in [4.78, 5) is 13.9. The molecule has 30 heavy (non-hydrogen) atoms. The van der Waals surface area contributed by atoms with Gasteiger partial charge in [0.2, 0.25) is 5.88 Å². The van der Waals surface area contributed by atoms with E-state index in [9.17, 15) is 5.11 Å². The number of aryl methyl sites for hydroxylation is 2. The van der Waals surface area contributed by atoms with Gasteiger partial charge in [-0.05, 0) is 83.2 Å². The van der Waals surface area contributed by atoms with Gasteiger partial charge in [-0.3, -0.25) is 0 Å². The maximum atomic E-state index is 9.92. The molecule has 4 aromatic rings. The van der Waals surface area contributed by atoms with Crippen LogP contribution in [-0.2, 0) is 0 Å². The van der Waals surface area contributed by atoms with Crippen LogP contribution in [0.4, 0.5) is 5.69 Å². The summed E-state index contributed by atoms with van der Waals surface area (Å²) in [5.74, 6) is 0.833. The number of nitrogens with zero attached hydrogens (tertiary/aromatic N) is 2. The van der Waals surface area contributed by atoms with Crippen LogP contribution in [0.25, 0.3) is 17.2 Å². The van der Waals surface area contributed by atoms with Crippen molar-refractivity contribution >= 4 is 52.5 Å². The Hall–Kier alpha value is -2.87. The van der Waals surface area contributed by atoms with Gasteiger partial charge in [-0.25, -0.2) is 9.98 Å². The van der Waals surface area contributed by atoms with Crippen molar-refractivity contribution in [3.63, 3.8) is 0 Å². The Kier molecular flexibility index (Phi) is 4.73. The standard InChI is InChI=1S/C23H17N3OS3/c1-12-3-5-15(7-13(12)2)16-10-19(29-11-16)21-24-17-6-4-14(8-18(17)25-21)9-20-22(27)26-23(28)30-20/h3-11,27H,1-2H3,(H,26,28)/b14-9-. The van der Waals surface area contributed by atoms with Crippen molar-refractivity contribution in [1.82, 2.24) is 4.98 Å². The number of aromatic amines is 1. The Morgan fingerprint density at radius 2 is 1.87 bits per heavy atom.